The highest BCUT2D eigenvalue weighted by atomic mass is 35.5. The summed E-state index contributed by atoms with van der Waals surface area (Å²) in [5.41, 5.74) is 3.79. The lowest BCUT2D eigenvalue weighted by molar-refractivity contribution is 0.0696. The molecule has 0 amide bonds. The van der Waals surface area contributed by atoms with E-state index in [0.717, 1.165) is 16.6 Å². The molecule has 8 heteroatoms. The topological polar surface area (TPSA) is 108 Å². The minimum atomic E-state index is -1.01. The lowest BCUT2D eigenvalue weighted by atomic mass is 9.78. The van der Waals surface area contributed by atoms with E-state index in [1.54, 1.807) is 33.4 Å². The van der Waals surface area contributed by atoms with E-state index in [2.05, 4.69) is 0 Å². The zero-order valence-electron chi connectivity index (χ0n) is 23.2. The van der Waals surface area contributed by atoms with E-state index in [0.29, 0.717) is 23.2 Å². The normalized spacial score (nSPS) is 11.8. The van der Waals surface area contributed by atoms with Crippen LogP contribution in [0, 0.1) is 5.41 Å². The molecule has 0 radical (unpaired) electrons. The van der Waals surface area contributed by atoms with Crippen LogP contribution in [0.5, 0.6) is 5.75 Å². The van der Waals surface area contributed by atoms with E-state index in [4.69, 9.17) is 5.41 Å². The average molecular weight is 550 g/mol. The number of Topliss-reactive ketones (excluding diaryl/α,β-unsaturated/α-hetero) is 1. The third-order valence-electron chi connectivity index (χ3n) is 6.84. The van der Waals surface area contributed by atoms with Crippen LogP contribution in [0.4, 0.5) is 0 Å². The molecule has 206 valence electrons. The maximum absolute atomic E-state index is 13.7. The molecular weight excluding hydrogens is 514 g/mol. The number of aromatic carboxylic acids is 1. The number of phenolic OH excluding ortho intramolecular Hbond substituents is 1. The van der Waals surface area contributed by atoms with Gasteiger partial charge in [-0.2, -0.15) is 0 Å². The van der Waals surface area contributed by atoms with Crippen LogP contribution in [0.3, 0.4) is 0 Å². The Kier molecular flexibility index (Phi) is 8.18. The van der Waals surface area contributed by atoms with Crippen molar-refractivity contribution in [2.45, 2.75) is 65.5 Å². The van der Waals surface area contributed by atoms with E-state index < -0.39 is 5.97 Å². The lowest BCUT2D eigenvalue weighted by Gasteiger charge is -2.28. The summed E-state index contributed by atoms with van der Waals surface area (Å²) in [6.07, 6.45) is 0. The fraction of sp³-hybridized carbons (Fsp3) is 0.323. The van der Waals surface area contributed by atoms with Crippen molar-refractivity contribution in [3.63, 3.8) is 0 Å². The van der Waals surface area contributed by atoms with Crippen LogP contribution >= 0.6 is 12.4 Å². The number of hydrogen-bond donors (Lipinski definition) is 3. The van der Waals surface area contributed by atoms with E-state index in [-0.39, 0.29) is 52.5 Å². The summed E-state index contributed by atoms with van der Waals surface area (Å²) in [7, 11) is 0. The number of imidazole rings is 1. The van der Waals surface area contributed by atoms with E-state index >= 15 is 0 Å². The zero-order valence-corrected chi connectivity index (χ0v) is 24.0. The van der Waals surface area contributed by atoms with Gasteiger partial charge in [0.1, 0.15) is 5.75 Å². The van der Waals surface area contributed by atoms with Gasteiger partial charge in [0, 0.05) is 16.7 Å². The van der Waals surface area contributed by atoms with Gasteiger partial charge in [-0.1, -0.05) is 65.8 Å². The first-order valence-corrected chi connectivity index (χ1v) is 12.6. The largest absolute Gasteiger partial charge is 0.507 e. The minimum absolute atomic E-state index is 0. The second-order valence-electron chi connectivity index (χ2n) is 11.8. The third-order valence-corrected chi connectivity index (χ3v) is 6.84. The van der Waals surface area contributed by atoms with Crippen LogP contribution in [-0.4, -0.2) is 31.1 Å². The fourth-order valence-electron chi connectivity index (χ4n) is 4.77. The maximum Gasteiger partial charge on any atom is 0.335 e. The first-order valence-electron chi connectivity index (χ1n) is 12.6. The number of fused-ring (bicyclic) bond motifs is 1. The number of carbonyl (C=O) groups excluding carboxylic acids is 1. The zero-order chi connectivity index (χ0) is 28.0. The van der Waals surface area contributed by atoms with Crippen molar-refractivity contribution in [3.8, 4) is 5.75 Å². The van der Waals surface area contributed by atoms with Crippen LogP contribution in [0.25, 0.3) is 11.0 Å². The number of hydrogen-bond acceptors (Lipinski definition) is 4. The molecule has 0 atom stereocenters. The predicted octanol–water partition coefficient (Wildman–Crippen LogP) is 6.27. The molecule has 1 aromatic heterocycles. The monoisotopic (exact) mass is 549 g/mol. The van der Waals surface area contributed by atoms with Crippen molar-refractivity contribution in [3.05, 3.63) is 94.1 Å². The molecule has 0 fully saturated rings. The summed E-state index contributed by atoms with van der Waals surface area (Å²) in [5.74, 6) is -0.944. The molecule has 4 aromatic rings. The van der Waals surface area contributed by atoms with E-state index in [1.165, 1.54) is 6.07 Å². The number of aromatic nitrogens is 2. The first-order chi connectivity index (χ1) is 17.7. The van der Waals surface area contributed by atoms with Gasteiger partial charge in [0.2, 0.25) is 5.62 Å². The van der Waals surface area contributed by atoms with E-state index in [1.807, 2.05) is 71.9 Å². The van der Waals surface area contributed by atoms with Crippen LogP contribution in [-0.2, 0) is 23.9 Å². The highest BCUT2D eigenvalue weighted by molar-refractivity contribution is 5.97. The molecule has 0 aliphatic rings. The molecule has 3 N–H and O–H groups in total. The SMILES string of the molecule is CC(C)(C)c1cc(C(=O)Cn2c(=N)n(Cc3cccc(C(=O)O)c3)c3ccccc32)cc(C(C)(C)C)c1O.Cl. The lowest BCUT2D eigenvalue weighted by Crippen LogP contribution is -2.28. The molecule has 4 rings (SSSR count). The highest BCUT2D eigenvalue weighted by Gasteiger charge is 2.28. The molecule has 0 saturated heterocycles. The number of rotatable bonds is 6. The summed E-state index contributed by atoms with van der Waals surface area (Å²) in [4.78, 5) is 25.1. The minimum Gasteiger partial charge on any atom is -0.507 e. The Hall–Kier alpha value is -3.84. The summed E-state index contributed by atoms with van der Waals surface area (Å²) in [6.45, 7) is 12.3. The Balaban J connectivity index is 0.00000420. The highest BCUT2D eigenvalue weighted by Crippen LogP contribution is 2.40. The van der Waals surface area contributed by atoms with Gasteiger partial charge in [0.15, 0.2) is 5.78 Å². The Morgan fingerprint density at radius 3 is 1.85 bits per heavy atom. The number of carboxylic acid groups (broad SMARTS) is 1. The van der Waals surface area contributed by atoms with Crippen molar-refractivity contribution in [1.82, 2.24) is 9.13 Å². The van der Waals surface area contributed by atoms with Crippen LogP contribution in [0.15, 0.2) is 60.7 Å². The summed E-state index contributed by atoms with van der Waals surface area (Å²) < 4.78 is 3.46. The molecular formula is C31H36ClN3O4. The molecule has 0 saturated carbocycles. The molecule has 3 aromatic carbocycles. The quantitative estimate of drug-likeness (QED) is 0.246. The van der Waals surface area contributed by atoms with E-state index in [9.17, 15) is 19.8 Å². The molecule has 0 bridgehead atoms. The predicted molar refractivity (Wildman–Crippen MR) is 155 cm³/mol. The van der Waals surface area contributed by atoms with Gasteiger partial charge in [0.05, 0.1) is 29.7 Å². The number of aromatic hydroxyl groups is 1. The number of nitrogens with zero attached hydrogens (tertiary/aromatic N) is 2. The van der Waals surface area contributed by atoms with Crippen LogP contribution in [0.1, 0.15) is 78.9 Å². The fourth-order valence-corrected chi connectivity index (χ4v) is 4.77. The summed E-state index contributed by atoms with van der Waals surface area (Å²) in [6, 6.07) is 17.7. The Bertz CT molecular complexity index is 1580. The molecule has 0 spiro atoms. The molecule has 0 aliphatic carbocycles. The second-order valence-corrected chi connectivity index (χ2v) is 11.8. The number of halogens is 1. The van der Waals surface area contributed by atoms with Crippen LogP contribution < -0.4 is 5.62 Å². The standard InChI is InChI=1S/C31H35N3O4.ClH/c1-30(2,3)22-15-21(16-23(27(22)36)31(4,5)6)26(35)18-34-25-13-8-7-12-24(25)33(29(34)32)17-19-10-9-11-20(14-19)28(37)38;/h7-16,32,36H,17-18H2,1-6H3,(H,37,38);1H. The van der Waals surface area contributed by atoms with Crippen molar-refractivity contribution in [1.29, 1.82) is 5.41 Å². The Morgan fingerprint density at radius 1 is 0.795 bits per heavy atom. The molecule has 0 unspecified atom stereocenters. The molecule has 39 heavy (non-hydrogen) atoms. The average Bonchev–Trinajstić information content (AvgIpc) is 3.08. The van der Waals surface area contributed by atoms with Gasteiger partial charge in [-0.15, -0.1) is 12.4 Å². The van der Waals surface area contributed by atoms with Gasteiger partial charge in [-0.05, 0) is 52.8 Å². The summed E-state index contributed by atoms with van der Waals surface area (Å²) >= 11 is 0. The van der Waals surface area contributed by atoms with Gasteiger partial charge in [0.25, 0.3) is 0 Å². The van der Waals surface area contributed by atoms with Gasteiger partial charge in [-0.3, -0.25) is 10.2 Å². The maximum atomic E-state index is 13.7. The number of phenols is 1. The number of nitrogens with one attached hydrogen (secondary N) is 1. The smallest absolute Gasteiger partial charge is 0.335 e. The second kappa shape index (κ2) is 10.7. The van der Waals surface area contributed by atoms with Crippen molar-refractivity contribution in [2.24, 2.45) is 0 Å². The Morgan fingerprint density at radius 2 is 1.33 bits per heavy atom. The first kappa shape index (κ1) is 29.7. The van der Waals surface area contributed by atoms with Crippen LogP contribution in [0.2, 0.25) is 0 Å². The van der Waals surface area contributed by atoms with Crippen molar-refractivity contribution >= 4 is 35.2 Å². The molecule has 1 heterocycles. The number of carbonyl (C=O) groups is 2. The van der Waals surface area contributed by atoms with Gasteiger partial charge >= 0.3 is 5.97 Å². The Labute approximate surface area is 234 Å². The molecule has 7 nitrogen and oxygen atoms in total. The summed E-state index contributed by atoms with van der Waals surface area (Å²) in [5, 5.41) is 29.4. The van der Waals surface area contributed by atoms with Gasteiger partial charge in [-0.25, -0.2) is 4.79 Å². The molecule has 0 aliphatic heterocycles. The number of para-hydroxylation sites is 2. The van der Waals surface area contributed by atoms with Crippen molar-refractivity contribution in [2.75, 3.05) is 0 Å². The third kappa shape index (κ3) is 5.93. The van der Waals surface area contributed by atoms with Gasteiger partial charge < -0.3 is 19.3 Å². The number of carboxylic acids is 1. The van der Waals surface area contributed by atoms with Crippen molar-refractivity contribution < 1.29 is 19.8 Å². The number of ketones is 1. The number of benzene rings is 3.